The van der Waals surface area contributed by atoms with E-state index < -0.39 is 5.41 Å². The molecular formula is C17H23FN2O2. The maximum absolute atomic E-state index is 13.1. The minimum absolute atomic E-state index is 0.0286. The molecule has 1 aliphatic rings. The standard InChI is InChI=1S/C17H23FN2O2/c1-3-19-15(21)12-20(4-2)16(22)17(10-5-11-17)13-6-8-14(18)9-7-13/h6-9H,3-5,10-12H2,1-2H3,(H,19,21). The predicted molar refractivity (Wildman–Crippen MR) is 82.9 cm³/mol. The van der Waals surface area contributed by atoms with Gasteiger partial charge in [0.15, 0.2) is 0 Å². The van der Waals surface area contributed by atoms with Crippen LogP contribution < -0.4 is 5.32 Å². The molecule has 0 bridgehead atoms. The molecule has 0 spiro atoms. The fourth-order valence-corrected chi connectivity index (χ4v) is 2.98. The van der Waals surface area contributed by atoms with Gasteiger partial charge < -0.3 is 10.2 Å². The van der Waals surface area contributed by atoms with Gasteiger partial charge in [-0.3, -0.25) is 9.59 Å². The van der Waals surface area contributed by atoms with Crippen molar-refractivity contribution in [3.63, 3.8) is 0 Å². The van der Waals surface area contributed by atoms with Gasteiger partial charge in [0.1, 0.15) is 5.82 Å². The molecule has 0 radical (unpaired) electrons. The van der Waals surface area contributed by atoms with Crippen molar-refractivity contribution >= 4 is 11.8 Å². The van der Waals surface area contributed by atoms with Crippen molar-refractivity contribution in [1.29, 1.82) is 0 Å². The highest BCUT2D eigenvalue weighted by molar-refractivity contribution is 5.92. The molecule has 0 atom stereocenters. The molecule has 22 heavy (non-hydrogen) atoms. The van der Waals surface area contributed by atoms with Gasteiger partial charge in [0.05, 0.1) is 12.0 Å². The Morgan fingerprint density at radius 1 is 1.23 bits per heavy atom. The third-order valence-corrected chi connectivity index (χ3v) is 4.39. The van der Waals surface area contributed by atoms with Gasteiger partial charge in [-0.05, 0) is 44.4 Å². The highest BCUT2D eigenvalue weighted by Crippen LogP contribution is 2.45. The van der Waals surface area contributed by atoms with Gasteiger partial charge in [0.25, 0.3) is 0 Å². The number of hydrogen-bond donors (Lipinski definition) is 1. The van der Waals surface area contributed by atoms with E-state index >= 15 is 0 Å². The Balaban J connectivity index is 2.19. The maximum Gasteiger partial charge on any atom is 0.239 e. The van der Waals surface area contributed by atoms with Crippen LogP contribution in [-0.2, 0) is 15.0 Å². The number of nitrogens with one attached hydrogen (secondary N) is 1. The monoisotopic (exact) mass is 306 g/mol. The minimum atomic E-state index is -0.587. The molecule has 0 aromatic heterocycles. The minimum Gasteiger partial charge on any atom is -0.355 e. The van der Waals surface area contributed by atoms with Crippen LogP contribution in [0.25, 0.3) is 0 Å². The summed E-state index contributed by atoms with van der Waals surface area (Å²) in [4.78, 5) is 26.3. The van der Waals surface area contributed by atoms with Gasteiger partial charge in [0, 0.05) is 13.1 Å². The summed E-state index contributed by atoms with van der Waals surface area (Å²) in [5.74, 6) is -0.481. The number of benzene rings is 1. The molecule has 1 saturated carbocycles. The zero-order valence-corrected chi connectivity index (χ0v) is 13.2. The summed E-state index contributed by atoms with van der Waals surface area (Å²) in [5, 5.41) is 2.72. The van der Waals surface area contributed by atoms with E-state index in [2.05, 4.69) is 5.32 Å². The van der Waals surface area contributed by atoms with Crippen molar-refractivity contribution in [3.05, 3.63) is 35.6 Å². The van der Waals surface area contributed by atoms with Crippen molar-refractivity contribution in [1.82, 2.24) is 10.2 Å². The van der Waals surface area contributed by atoms with Crippen LogP contribution in [0.4, 0.5) is 4.39 Å². The summed E-state index contributed by atoms with van der Waals surface area (Å²) in [7, 11) is 0. The van der Waals surface area contributed by atoms with Crippen LogP contribution in [0.5, 0.6) is 0 Å². The smallest absolute Gasteiger partial charge is 0.239 e. The van der Waals surface area contributed by atoms with E-state index in [1.165, 1.54) is 12.1 Å². The third-order valence-electron chi connectivity index (χ3n) is 4.39. The Labute approximate surface area is 130 Å². The van der Waals surface area contributed by atoms with Crippen molar-refractivity contribution < 1.29 is 14.0 Å². The van der Waals surface area contributed by atoms with E-state index in [-0.39, 0.29) is 24.2 Å². The molecule has 1 aliphatic carbocycles. The van der Waals surface area contributed by atoms with Crippen LogP contribution >= 0.6 is 0 Å². The number of hydrogen-bond acceptors (Lipinski definition) is 2. The third kappa shape index (κ3) is 3.13. The number of nitrogens with zero attached hydrogens (tertiary/aromatic N) is 1. The number of amides is 2. The zero-order chi connectivity index (χ0) is 16.2. The SMILES string of the molecule is CCNC(=O)CN(CC)C(=O)C1(c2ccc(F)cc2)CCC1. The fourth-order valence-electron chi connectivity index (χ4n) is 2.98. The maximum atomic E-state index is 13.1. The molecule has 0 heterocycles. The van der Waals surface area contributed by atoms with Gasteiger partial charge >= 0.3 is 0 Å². The lowest BCUT2D eigenvalue weighted by atomic mass is 9.63. The predicted octanol–water partition coefficient (Wildman–Crippen LogP) is 2.23. The topological polar surface area (TPSA) is 49.4 Å². The second-order valence-corrected chi connectivity index (χ2v) is 5.72. The van der Waals surface area contributed by atoms with E-state index in [4.69, 9.17) is 0 Å². The first-order valence-electron chi connectivity index (χ1n) is 7.85. The molecule has 2 amide bonds. The van der Waals surface area contributed by atoms with Crippen LogP contribution in [-0.4, -0.2) is 36.3 Å². The summed E-state index contributed by atoms with van der Waals surface area (Å²) < 4.78 is 13.1. The molecule has 1 aromatic carbocycles. The van der Waals surface area contributed by atoms with Crippen molar-refractivity contribution in [2.45, 2.75) is 38.5 Å². The molecule has 5 heteroatoms. The van der Waals surface area contributed by atoms with Gasteiger partial charge in [-0.15, -0.1) is 0 Å². The zero-order valence-electron chi connectivity index (χ0n) is 13.2. The second kappa shape index (κ2) is 6.90. The molecule has 1 fully saturated rings. The van der Waals surface area contributed by atoms with Crippen molar-refractivity contribution in [2.75, 3.05) is 19.6 Å². The van der Waals surface area contributed by atoms with Gasteiger partial charge in [-0.25, -0.2) is 4.39 Å². The van der Waals surface area contributed by atoms with Gasteiger partial charge in [-0.2, -0.15) is 0 Å². The Morgan fingerprint density at radius 3 is 2.32 bits per heavy atom. The lowest BCUT2D eigenvalue weighted by molar-refractivity contribution is -0.143. The summed E-state index contributed by atoms with van der Waals surface area (Å²) in [6.07, 6.45) is 2.48. The molecule has 0 unspecified atom stereocenters. The van der Waals surface area contributed by atoms with Gasteiger partial charge in [-0.1, -0.05) is 18.6 Å². The van der Waals surface area contributed by atoms with E-state index in [1.54, 1.807) is 17.0 Å². The highest BCUT2D eigenvalue weighted by Gasteiger charge is 2.47. The van der Waals surface area contributed by atoms with Crippen molar-refractivity contribution in [2.24, 2.45) is 0 Å². The van der Waals surface area contributed by atoms with E-state index in [9.17, 15) is 14.0 Å². The van der Waals surface area contributed by atoms with Crippen LogP contribution in [0.3, 0.4) is 0 Å². The molecule has 120 valence electrons. The molecule has 4 nitrogen and oxygen atoms in total. The highest BCUT2D eigenvalue weighted by atomic mass is 19.1. The first-order chi connectivity index (χ1) is 10.5. The average molecular weight is 306 g/mol. The average Bonchev–Trinajstić information content (AvgIpc) is 2.45. The molecule has 1 N–H and O–H groups in total. The quantitative estimate of drug-likeness (QED) is 0.876. The Bertz CT molecular complexity index is 538. The number of likely N-dealkylation sites (N-methyl/N-ethyl adjacent to an activating group) is 2. The van der Waals surface area contributed by atoms with Crippen LogP contribution in [0, 0.1) is 5.82 Å². The lowest BCUT2D eigenvalue weighted by Crippen LogP contribution is -2.53. The van der Waals surface area contributed by atoms with Crippen LogP contribution in [0.1, 0.15) is 38.7 Å². The Kier molecular flexibility index (Phi) is 5.16. The van der Waals surface area contributed by atoms with Crippen LogP contribution in [0.2, 0.25) is 0 Å². The first-order valence-corrected chi connectivity index (χ1v) is 7.85. The lowest BCUT2D eigenvalue weighted by Gasteiger charge is -2.43. The summed E-state index contributed by atoms with van der Waals surface area (Å²) in [6.45, 7) is 4.83. The second-order valence-electron chi connectivity index (χ2n) is 5.72. The molecule has 2 rings (SSSR count). The molecule has 0 aliphatic heterocycles. The Hall–Kier alpha value is -1.91. The molecule has 0 saturated heterocycles. The Morgan fingerprint density at radius 2 is 1.86 bits per heavy atom. The number of carbonyl (C=O) groups excluding carboxylic acids is 2. The summed E-state index contributed by atoms with van der Waals surface area (Å²) in [6, 6.07) is 6.16. The molecular weight excluding hydrogens is 283 g/mol. The van der Waals surface area contributed by atoms with Crippen molar-refractivity contribution in [3.8, 4) is 0 Å². The molecule has 1 aromatic rings. The summed E-state index contributed by atoms with van der Waals surface area (Å²) in [5.41, 5.74) is 0.260. The fraction of sp³-hybridized carbons (Fsp3) is 0.529. The van der Waals surface area contributed by atoms with E-state index in [0.29, 0.717) is 13.1 Å². The largest absolute Gasteiger partial charge is 0.355 e. The van der Waals surface area contributed by atoms with Gasteiger partial charge in [0.2, 0.25) is 11.8 Å². The number of carbonyl (C=O) groups is 2. The number of rotatable bonds is 6. The van der Waals surface area contributed by atoms with E-state index in [1.807, 2.05) is 13.8 Å². The summed E-state index contributed by atoms with van der Waals surface area (Å²) >= 11 is 0. The van der Waals surface area contributed by atoms with E-state index in [0.717, 1.165) is 24.8 Å². The number of halogens is 1. The van der Waals surface area contributed by atoms with Crippen LogP contribution in [0.15, 0.2) is 24.3 Å². The normalized spacial score (nSPS) is 15.8. The first kappa shape index (κ1) is 16.5.